The Kier molecular flexibility index (Phi) is 4.41. The molecule has 23 heavy (non-hydrogen) atoms. The standard InChI is InChI=1S/C17H12ClFO3S/c1-9(20)23-16-5-4-15(17-13(16)2-3-14(17)21)22-12-7-10(18)6-11(19)8-12/h4-8H,2-3H2,1H3. The molecule has 3 nitrogen and oxygen atoms in total. The topological polar surface area (TPSA) is 43.4 Å². The lowest BCUT2D eigenvalue weighted by Gasteiger charge is -2.12. The fraction of sp³-hybridized carbons (Fsp3) is 0.176. The molecular weight excluding hydrogens is 339 g/mol. The summed E-state index contributed by atoms with van der Waals surface area (Å²) in [5.41, 5.74) is 1.28. The number of Topliss-reactive ketones (excluding diaryl/α,β-unsaturated/α-hetero) is 1. The van der Waals surface area contributed by atoms with E-state index in [0.29, 0.717) is 24.2 Å². The number of benzene rings is 2. The van der Waals surface area contributed by atoms with Gasteiger partial charge < -0.3 is 4.74 Å². The lowest BCUT2D eigenvalue weighted by atomic mass is 10.1. The molecule has 3 rings (SSSR count). The van der Waals surface area contributed by atoms with Crippen LogP contribution in [-0.2, 0) is 11.2 Å². The Hall–Kier alpha value is -1.85. The minimum Gasteiger partial charge on any atom is -0.456 e. The number of hydrogen-bond acceptors (Lipinski definition) is 4. The van der Waals surface area contributed by atoms with Crippen LogP contribution in [0.15, 0.2) is 35.2 Å². The third kappa shape index (κ3) is 3.41. The van der Waals surface area contributed by atoms with E-state index in [1.165, 1.54) is 25.1 Å². The van der Waals surface area contributed by atoms with Crippen molar-refractivity contribution in [3.63, 3.8) is 0 Å². The number of carbonyl (C=O) groups is 2. The predicted molar refractivity (Wildman–Crippen MR) is 87.1 cm³/mol. The van der Waals surface area contributed by atoms with E-state index in [0.717, 1.165) is 22.2 Å². The highest BCUT2D eigenvalue weighted by Gasteiger charge is 2.27. The molecule has 0 radical (unpaired) electrons. The van der Waals surface area contributed by atoms with Crippen LogP contribution in [0.4, 0.5) is 4.39 Å². The zero-order valence-corrected chi connectivity index (χ0v) is 13.8. The van der Waals surface area contributed by atoms with Gasteiger partial charge in [-0.25, -0.2) is 4.39 Å². The van der Waals surface area contributed by atoms with E-state index in [2.05, 4.69) is 0 Å². The quantitative estimate of drug-likeness (QED) is 0.727. The minimum atomic E-state index is -0.515. The predicted octanol–water partition coefficient (Wildman–Crippen LogP) is 5.04. The van der Waals surface area contributed by atoms with Crippen molar-refractivity contribution in [1.29, 1.82) is 0 Å². The van der Waals surface area contributed by atoms with E-state index >= 15 is 0 Å². The number of fused-ring (bicyclic) bond motifs is 1. The zero-order valence-electron chi connectivity index (χ0n) is 12.2. The summed E-state index contributed by atoms with van der Waals surface area (Å²) in [6.45, 7) is 1.48. The monoisotopic (exact) mass is 350 g/mol. The fourth-order valence-electron chi connectivity index (χ4n) is 2.57. The van der Waals surface area contributed by atoms with Crippen molar-refractivity contribution in [2.24, 2.45) is 0 Å². The second-order valence-electron chi connectivity index (χ2n) is 5.14. The van der Waals surface area contributed by atoms with Crippen molar-refractivity contribution in [1.82, 2.24) is 0 Å². The molecule has 0 saturated heterocycles. The lowest BCUT2D eigenvalue weighted by molar-refractivity contribution is -0.109. The maximum atomic E-state index is 13.4. The van der Waals surface area contributed by atoms with Crippen LogP contribution >= 0.6 is 23.4 Å². The molecule has 0 spiro atoms. The molecule has 1 aliphatic carbocycles. The van der Waals surface area contributed by atoms with Gasteiger partial charge in [-0.1, -0.05) is 23.4 Å². The minimum absolute atomic E-state index is 0.0384. The number of halogens is 2. The smallest absolute Gasteiger partial charge is 0.190 e. The molecular formula is C17H12ClFO3S. The highest BCUT2D eigenvalue weighted by atomic mass is 35.5. The van der Waals surface area contributed by atoms with Crippen molar-refractivity contribution in [2.75, 3.05) is 0 Å². The van der Waals surface area contributed by atoms with Gasteiger partial charge in [0, 0.05) is 29.3 Å². The van der Waals surface area contributed by atoms with Gasteiger partial charge in [0.1, 0.15) is 17.3 Å². The van der Waals surface area contributed by atoms with Gasteiger partial charge >= 0.3 is 0 Å². The maximum Gasteiger partial charge on any atom is 0.190 e. The zero-order chi connectivity index (χ0) is 16.6. The van der Waals surface area contributed by atoms with Gasteiger partial charge in [0.15, 0.2) is 10.9 Å². The van der Waals surface area contributed by atoms with Crippen molar-refractivity contribution < 1.29 is 18.7 Å². The Balaban J connectivity index is 2.02. The summed E-state index contributed by atoms with van der Waals surface area (Å²) in [7, 11) is 0. The highest BCUT2D eigenvalue weighted by molar-refractivity contribution is 8.13. The number of ketones is 1. The molecule has 0 fully saturated rings. The van der Waals surface area contributed by atoms with Gasteiger partial charge in [-0.05, 0) is 36.2 Å². The van der Waals surface area contributed by atoms with Crippen LogP contribution in [0.2, 0.25) is 5.02 Å². The molecule has 0 bridgehead atoms. The van der Waals surface area contributed by atoms with Gasteiger partial charge in [-0.3, -0.25) is 9.59 Å². The molecule has 0 unspecified atom stereocenters. The first-order valence-electron chi connectivity index (χ1n) is 6.95. The summed E-state index contributed by atoms with van der Waals surface area (Å²) < 4.78 is 19.1. The van der Waals surface area contributed by atoms with Crippen LogP contribution in [0.25, 0.3) is 0 Å². The number of thioether (sulfide) groups is 1. The molecule has 0 atom stereocenters. The second kappa shape index (κ2) is 6.34. The van der Waals surface area contributed by atoms with Crippen LogP contribution in [0.5, 0.6) is 11.5 Å². The molecule has 6 heteroatoms. The van der Waals surface area contributed by atoms with E-state index in [1.807, 2.05) is 0 Å². The van der Waals surface area contributed by atoms with E-state index in [9.17, 15) is 14.0 Å². The van der Waals surface area contributed by atoms with E-state index < -0.39 is 5.82 Å². The van der Waals surface area contributed by atoms with Crippen LogP contribution < -0.4 is 4.74 Å². The summed E-state index contributed by atoms with van der Waals surface area (Å²) in [5, 5.41) is 0.170. The normalized spacial score (nSPS) is 13.1. The molecule has 118 valence electrons. The SMILES string of the molecule is CC(=O)Sc1ccc(Oc2cc(F)cc(Cl)c2)c2c1CCC2=O. The summed E-state index contributed by atoms with van der Waals surface area (Å²) in [6, 6.07) is 7.24. The third-order valence-corrected chi connectivity index (χ3v) is 4.54. The third-order valence-electron chi connectivity index (χ3n) is 3.43. The fourth-order valence-corrected chi connectivity index (χ4v) is 3.56. The number of ether oxygens (including phenoxy) is 1. The number of rotatable bonds is 3. The summed E-state index contributed by atoms with van der Waals surface area (Å²) in [4.78, 5) is 24.3. The van der Waals surface area contributed by atoms with Crippen molar-refractivity contribution in [2.45, 2.75) is 24.7 Å². The van der Waals surface area contributed by atoms with Gasteiger partial charge in [0.2, 0.25) is 0 Å². The molecule has 0 N–H and O–H groups in total. The maximum absolute atomic E-state index is 13.4. The van der Waals surface area contributed by atoms with E-state index in [1.54, 1.807) is 12.1 Å². The Morgan fingerprint density at radius 3 is 2.74 bits per heavy atom. The number of hydrogen-bond donors (Lipinski definition) is 0. The van der Waals surface area contributed by atoms with Gasteiger partial charge in [0.05, 0.1) is 5.56 Å². The molecule has 0 amide bonds. The van der Waals surface area contributed by atoms with Crippen LogP contribution in [-0.4, -0.2) is 10.9 Å². The largest absolute Gasteiger partial charge is 0.456 e. The van der Waals surface area contributed by atoms with Crippen LogP contribution in [0.1, 0.15) is 29.3 Å². The Bertz CT molecular complexity index is 799. The first-order valence-corrected chi connectivity index (χ1v) is 8.15. The Labute approximate surface area is 141 Å². The highest BCUT2D eigenvalue weighted by Crippen LogP contribution is 2.39. The second-order valence-corrected chi connectivity index (χ2v) is 6.79. The molecule has 0 saturated carbocycles. The Morgan fingerprint density at radius 1 is 1.26 bits per heavy atom. The van der Waals surface area contributed by atoms with Crippen molar-refractivity contribution in [3.8, 4) is 11.5 Å². The first-order chi connectivity index (χ1) is 10.9. The Morgan fingerprint density at radius 2 is 2.04 bits per heavy atom. The van der Waals surface area contributed by atoms with Crippen LogP contribution in [0, 0.1) is 5.82 Å². The molecule has 0 aliphatic heterocycles. The van der Waals surface area contributed by atoms with Crippen molar-refractivity contribution >= 4 is 34.3 Å². The first kappa shape index (κ1) is 16.0. The van der Waals surface area contributed by atoms with Crippen molar-refractivity contribution in [3.05, 3.63) is 52.3 Å². The molecule has 2 aromatic carbocycles. The number of carbonyl (C=O) groups excluding carboxylic acids is 2. The van der Waals surface area contributed by atoms with Gasteiger partial charge in [-0.15, -0.1) is 0 Å². The summed E-state index contributed by atoms with van der Waals surface area (Å²) in [5.74, 6) is 0.0312. The average Bonchev–Trinajstić information content (AvgIpc) is 2.83. The van der Waals surface area contributed by atoms with Gasteiger partial charge in [-0.2, -0.15) is 0 Å². The van der Waals surface area contributed by atoms with E-state index in [4.69, 9.17) is 16.3 Å². The summed E-state index contributed by atoms with van der Waals surface area (Å²) in [6.07, 6.45) is 0.954. The average molecular weight is 351 g/mol. The molecule has 2 aromatic rings. The van der Waals surface area contributed by atoms with E-state index in [-0.39, 0.29) is 21.7 Å². The lowest BCUT2D eigenvalue weighted by Crippen LogP contribution is -1.99. The van der Waals surface area contributed by atoms with Gasteiger partial charge in [0.25, 0.3) is 0 Å². The molecule has 1 aliphatic rings. The molecule has 0 heterocycles. The summed E-state index contributed by atoms with van der Waals surface area (Å²) >= 11 is 6.92. The van der Waals surface area contributed by atoms with Crippen LogP contribution in [0.3, 0.4) is 0 Å². The molecule has 0 aromatic heterocycles.